The minimum atomic E-state index is -0.175. The molecule has 0 fully saturated rings. The van der Waals surface area contributed by atoms with Crippen molar-refractivity contribution in [3.63, 3.8) is 0 Å². The number of hydrogen-bond acceptors (Lipinski definition) is 5. The second-order valence-electron chi connectivity index (χ2n) is 5.27. The topological polar surface area (TPSA) is 46.2 Å². The van der Waals surface area contributed by atoms with Crippen LogP contribution in [-0.4, -0.2) is 34.5 Å². The fraction of sp³-hybridized carbons (Fsp3) is 0.333. The van der Waals surface area contributed by atoms with E-state index in [0.717, 1.165) is 22.8 Å². The maximum atomic E-state index is 6.10. The van der Waals surface area contributed by atoms with Gasteiger partial charge in [0.2, 0.25) is 0 Å². The van der Waals surface area contributed by atoms with E-state index in [0.29, 0.717) is 11.5 Å². The Morgan fingerprint density at radius 2 is 1.52 bits per heavy atom. The van der Waals surface area contributed by atoms with E-state index in [4.69, 9.17) is 23.7 Å². The molecule has 1 aliphatic heterocycles. The molecule has 5 heteroatoms. The minimum absolute atomic E-state index is 0.0668. The van der Waals surface area contributed by atoms with Gasteiger partial charge in [0, 0.05) is 23.6 Å². The highest BCUT2D eigenvalue weighted by molar-refractivity contribution is 5.66. The van der Waals surface area contributed by atoms with Crippen molar-refractivity contribution >= 4 is 5.76 Å². The van der Waals surface area contributed by atoms with Crippen molar-refractivity contribution in [2.75, 3.05) is 28.4 Å². The second kappa shape index (κ2) is 6.28. The molecule has 0 saturated carbocycles. The summed E-state index contributed by atoms with van der Waals surface area (Å²) in [6.07, 6.45) is 5.76. The number of fused-ring (bicyclic) bond motifs is 1. The molecule has 0 spiro atoms. The van der Waals surface area contributed by atoms with E-state index in [9.17, 15) is 0 Å². The first-order valence-corrected chi connectivity index (χ1v) is 7.31. The molecule has 1 aromatic rings. The lowest BCUT2D eigenvalue weighted by Gasteiger charge is -2.23. The van der Waals surface area contributed by atoms with Crippen molar-refractivity contribution in [1.82, 2.24) is 0 Å². The average Bonchev–Trinajstić information content (AvgIpc) is 3.04. The van der Waals surface area contributed by atoms with Crippen molar-refractivity contribution in [3.8, 4) is 11.5 Å². The smallest absolute Gasteiger partial charge is 0.165 e. The Morgan fingerprint density at radius 3 is 2.09 bits per heavy atom. The summed E-state index contributed by atoms with van der Waals surface area (Å²) in [5.74, 6) is 3.79. The van der Waals surface area contributed by atoms with Crippen molar-refractivity contribution in [1.29, 1.82) is 0 Å². The highest BCUT2D eigenvalue weighted by Gasteiger charge is 2.35. The molecule has 0 aromatic heterocycles. The van der Waals surface area contributed by atoms with Crippen LogP contribution in [0, 0.1) is 5.92 Å². The molecule has 1 aromatic carbocycles. The molecule has 0 N–H and O–H groups in total. The Hall–Kier alpha value is -2.56. The van der Waals surface area contributed by atoms with Gasteiger partial charge in [0.05, 0.1) is 28.4 Å². The fourth-order valence-corrected chi connectivity index (χ4v) is 2.78. The van der Waals surface area contributed by atoms with Gasteiger partial charge >= 0.3 is 0 Å². The molecule has 1 heterocycles. The molecule has 0 saturated heterocycles. The van der Waals surface area contributed by atoms with E-state index in [1.807, 2.05) is 30.4 Å². The number of hydrogen-bond donors (Lipinski definition) is 0. The summed E-state index contributed by atoms with van der Waals surface area (Å²) < 4.78 is 27.5. The van der Waals surface area contributed by atoms with Gasteiger partial charge in [-0.25, -0.2) is 0 Å². The molecule has 3 rings (SSSR count). The molecule has 5 nitrogen and oxygen atoms in total. The van der Waals surface area contributed by atoms with Gasteiger partial charge in [-0.1, -0.05) is 0 Å². The maximum Gasteiger partial charge on any atom is 0.165 e. The van der Waals surface area contributed by atoms with E-state index < -0.39 is 0 Å². The molecular weight excluding hydrogens is 296 g/mol. The van der Waals surface area contributed by atoms with Crippen LogP contribution in [0.4, 0.5) is 0 Å². The van der Waals surface area contributed by atoms with Gasteiger partial charge in [-0.15, -0.1) is 0 Å². The van der Waals surface area contributed by atoms with Gasteiger partial charge in [0.15, 0.2) is 6.10 Å². The van der Waals surface area contributed by atoms with Crippen LogP contribution in [0.25, 0.3) is 5.76 Å². The van der Waals surface area contributed by atoms with Gasteiger partial charge in [-0.3, -0.25) is 0 Å². The largest absolute Gasteiger partial charge is 0.497 e. The molecule has 0 amide bonds. The second-order valence-corrected chi connectivity index (χ2v) is 5.27. The number of methoxy groups -OCH3 is 4. The molecule has 2 unspecified atom stereocenters. The highest BCUT2D eigenvalue weighted by atomic mass is 16.5. The van der Waals surface area contributed by atoms with Crippen LogP contribution < -0.4 is 9.47 Å². The average molecular weight is 316 g/mol. The number of allylic oxidation sites excluding steroid dienone is 1. The zero-order chi connectivity index (χ0) is 16.4. The Balaban J connectivity index is 1.95. The molecule has 23 heavy (non-hydrogen) atoms. The quantitative estimate of drug-likeness (QED) is 0.835. The first-order valence-electron chi connectivity index (χ1n) is 7.31. The monoisotopic (exact) mass is 316 g/mol. The first kappa shape index (κ1) is 15.3. The molecule has 2 atom stereocenters. The third kappa shape index (κ3) is 2.86. The summed E-state index contributed by atoms with van der Waals surface area (Å²) in [5, 5.41) is 0. The highest BCUT2D eigenvalue weighted by Crippen LogP contribution is 2.40. The summed E-state index contributed by atoms with van der Waals surface area (Å²) in [6.45, 7) is 0. The standard InChI is InChI=1S/C18H20O5/c1-19-13-5-11(6-14(9-13)20-2)16-8-12-7-15(21-3)10-17(22-4)18(12)23-16/h5-10,12,18H,1-4H3. The normalized spacial score (nSPS) is 22.2. The van der Waals surface area contributed by atoms with Crippen LogP contribution in [0.3, 0.4) is 0 Å². The Labute approximate surface area is 135 Å². The maximum absolute atomic E-state index is 6.10. The number of ether oxygens (including phenoxy) is 5. The van der Waals surface area contributed by atoms with Crippen molar-refractivity contribution in [2.45, 2.75) is 6.10 Å². The van der Waals surface area contributed by atoms with Crippen LogP contribution >= 0.6 is 0 Å². The summed E-state index contributed by atoms with van der Waals surface area (Å²) in [4.78, 5) is 0. The predicted octanol–water partition coefficient (Wildman–Crippen LogP) is 3.13. The van der Waals surface area contributed by atoms with Gasteiger partial charge in [-0.05, 0) is 24.3 Å². The van der Waals surface area contributed by atoms with Crippen LogP contribution in [0.5, 0.6) is 11.5 Å². The van der Waals surface area contributed by atoms with Crippen LogP contribution in [0.2, 0.25) is 0 Å². The van der Waals surface area contributed by atoms with Crippen LogP contribution in [-0.2, 0) is 14.2 Å². The van der Waals surface area contributed by atoms with Crippen molar-refractivity contribution < 1.29 is 23.7 Å². The SMILES string of the molecule is COC1=CC2C=C(c3cc(OC)cc(OC)c3)OC2C(OC)=C1. The third-order valence-electron chi connectivity index (χ3n) is 3.98. The van der Waals surface area contributed by atoms with Gasteiger partial charge in [0.1, 0.15) is 28.8 Å². The molecular formula is C18H20O5. The van der Waals surface area contributed by atoms with Gasteiger partial charge < -0.3 is 23.7 Å². The van der Waals surface area contributed by atoms with E-state index in [1.54, 1.807) is 28.4 Å². The van der Waals surface area contributed by atoms with E-state index in [-0.39, 0.29) is 12.0 Å². The van der Waals surface area contributed by atoms with Gasteiger partial charge in [-0.2, -0.15) is 0 Å². The zero-order valence-electron chi connectivity index (χ0n) is 13.7. The van der Waals surface area contributed by atoms with Crippen molar-refractivity contribution in [2.24, 2.45) is 5.92 Å². The molecule has 0 radical (unpaired) electrons. The Morgan fingerprint density at radius 1 is 0.826 bits per heavy atom. The first-order chi connectivity index (χ1) is 11.2. The zero-order valence-corrected chi connectivity index (χ0v) is 13.7. The number of rotatable bonds is 5. The van der Waals surface area contributed by atoms with Gasteiger partial charge in [0.25, 0.3) is 0 Å². The summed E-state index contributed by atoms with van der Waals surface area (Å²) in [5.41, 5.74) is 0.901. The predicted molar refractivity (Wildman–Crippen MR) is 86.1 cm³/mol. The molecule has 122 valence electrons. The summed E-state index contributed by atoms with van der Waals surface area (Å²) >= 11 is 0. The van der Waals surface area contributed by atoms with Crippen LogP contribution in [0.15, 0.2) is 47.9 Å². The van der Waals surface area contributed by atoms with E-state index in [1.165, 1.54) is 0 Å². The lowest BCUT2D eigenvalue weighted by atomic mass is 9.96. The lowest BCUT2D eigenvalue weighted by molar-refractivity contribution is 0.116. The van der Waals surface area contributed by atoms with E-state index in [2.05, 4.69) is 6.08 Å². The molecule has 2 aliphatic rings. The Kier molecular flexibility index (Phi) is 4.19. The lowest BCUT2D eigenvalue weighted by Crippen LogP contribution is -2.23. The van der Waals surface area contributed by atoms with Crippen LogP contribution in [0.1, 0.15) is 5.56 Å². The van der Waals surface area contributed by atoms with E-state index >= 15 is 0 Å². The summed E-state index contributed by atoms with van der Waals surface area (Å²) in [6, 6.07) is 5.67. The summed E-state index contributed by atoms with van der Waals surface area (Å²) in [7, 11) is 6.53. The molecule has 0 bridgehead atoms. The third-order valence-corrected chi connectivity index (χ3v) is 3.98. The van der Waals surface area contributed by atoms with Crippen molar-refractivity contribution in [3.05, 3.63) is 53.5 Å². The fourth-order valence-electron chi connectivity index (χ4n) is 2.78. The molecule has 1 aliphatic carbocycles. The Bertz CT molecular complexity index is 664. The minimum Gasteiger partial charge on any atom is -0.497 e. The number of benzene rings is 1.